The third-order valence-electron chi connectivity index (χ3n) is 2.73. The minimum Gasteiger partial charge on any atom is -0.337 e. The van der Waals surface area contributed by atoms with Gasteiger partial charge in [-0.25, -0.2) is 9.37 Å². The van der Waals surface area contributed by atoms with Crippen LogP contribution in [-0.4, -0.2) is 22.8 Å². The van der Waals surface area contributed by atoms with E-state index in [1.807, 2.05) is 0 Å². The number of hydrogen-bond acceptors (Lipinski definition) is 2. The molecule has 0 aliphatic carbocycles. The Kier molecular flexibility index (Phi) is 4.57. The number of pyridine rings is 1. The van der Waals surface area contributed by atoms with Crippen LogP contribution in [0.4, 0.5) is 4.39 Å². The number of carbonyl (C=O) groups excluding carboxylic acids is 1. The largest absolute Gasteiger partial charge is 0.337 e. The number of rotatable bonds is 3. The Balaban J connectivity index is 2.16. The topological polar surface area (TPSA) is 33.2 Å². The molecule has 2 rings (SSSR count). The van der Waals surface area contributed by atoms with E-state index >= 15 is 0 Å². The van der Waals surface area contributed by atoms with Crippen LogP contribution in [0.25, 0.3) is 0 Å². The van der Waals surface area contributed by atoms with Crippen molar-refractivity contribution in [3.05, 3.63) is 63.6 Å². The minimum atomic E-state index is -0.313. The number of nitrogens with zero attached hydrogens (tertiary/aromatic N) is 2. The van der Waals surface area contributed by atoms with Crippen molar-refractivity contribution < 1.29 is 9.18 Å². The lowest BCUT2D eigenvalue weighted by Gasteiger charge is -2.18. The zero-order valence-corrected chi connectivity index (χ0v) is 12.1. The van der Waals surface area contributed by atoms with Gasteiger partial charge in [-0.3, -0.25) is 4.79 Å². The van der Waals surface area contributed by atoms with Crippen LogP contribution in [-0.2, 0) is 6.54 Å². The molecule has 0 bridgehead atoms. The molecule has 0 aliphatic heterocycles. The molecule has 1 aromatic carbocycles. The van der Waals surface area contributed by atoms with Gasteiger partial charge in [-0.2, -0.15) is 0 Å². The summed E-state index contributed by atoms with van der Waals surface area (Å²) in [5.74, 6) is -0.588. The summed E-state index contributed by atoms with van der Waals surface area (Å²) in [6, 6.07) is 7.38. The molecule has 0 fully saturated rings. The van der Waals surface area contributed by atoms with Gasteiger partial charge in [0, 0.05) is 19.8 Å². The molecule has 6 heteroatoms. The van der Waals surface area contributed by atoms with Gasteiger partial charge in [0.2, 0.25) is 0 Å². The SMILES string of the molecule is CN(Cc1ccc(F)cc1)C(=O)c1cc(Cl)ncc1Cl. The lowest BCUT2D eigenvalue weighted by Crippen LogP contribution is -2.26. The van der Waals surface area contributed by atoms with Crippen molar-refractivity contribution in [3.8, 4) is 0 Å². The first kappa shape index (κ1) is 14.8. The van der Waals surface area contributed by atoms with Crippen molar-refractivity contribution in [2.24, 2.45) is 0 Å². The van der Waals surface area contributed by atoms with Crippen molar-refractivity contribution in [1.82, 2.24) is 9.88 Å². The first-order valence-corrected chi connectivity index (χ1v) is 6.54. The Labute approximate surface area is 125 Å². The highest BCUT2D eigenvalue weighted by atomic mass is 35.5. The molecule has 3 nitrogen and oxygen atoms in total. The van der Waals surface area contributed by atoms with Gasteiger partial charge in [-0.1, -0.05) is 35.3 Å². The van der Waals surface area contributed by atoms with Crippen LogP contribution in [0.3, 0.4) is 0 Å². The molecule has 0 atom stereocenters. The molecular formula is C14H11Cl2FN2O. The Morgan fingerprint density at radius 3 is 2.60 bits per heavy atom. The van der Waals surface area contributed by atoms with E-state index in [9.17, 15) is 9.18 Å². The molecule has 104 valence electrons. The zero-order chi connectivity index (χ0) is 14.7. The Hall–Kier alpha value is -1.65. The highest BCUT2D eigenvalue weighted by Crippen LogP contribution is 2.20. The quantitative estimate of drug-likeness (QED) is 0.808. The molecule has 1 amide bonds. The molecule has 0 saturated carbocycles. The van der Waals surface area contributed by atoms with Crippen molar-refractivity contribution in [2.75, 3.05) is 7.05 Å². The van der Waals surface area contributed by atoms with E-state index in [2.05, 4.69) is 4.98 Å². The van der Waals surface area contributed by atoms with E-state index in [1.54, 1.807) is 19.2 Å². The normalized spacial score (nSPS) is 10.4. The first-order valence-electron chi connectivity index (χ1n) is 5.78. The van der Waals surface area contributed by atoms with E-state index in [0.717, 1.165) is 5.56 Å². The van der Waals surface area contributed by atoms with Gasteiger partial charge in [0.25, 0.3) is 5.91 Å². The lowest BCUT2D eigenvalue weighted by atomic mass is 10.2. The third kappa shape index (κ3) is 3.46. The van der Waals surface area contributed by atoms with E-state index in [1.165, 1.54) is 29.3 Å². The molecule has 2 aromatic rings. The fourth-order valence-electron chi connectivity index (χ4n) is 1.72. The highest BCUT2D eigenvalue weighted by Gasteiger charge is 2.16. The molecule has 0 spiro atoms. The van der Waals surface area contributed by atoms with Gasteiger partial charge in [0.15, 0.2) is 0 Å². The average Bonchev–Trinajstić information content (AvgIpc) is 2.43. The fourth-order valence-corrected chi connectivity index (χ4v) is 2.06. The Morgan fingerprint density at radius 1 is 1.30 bits per heavy atom. The summed E-state index contributed by atoms with van der Waals surface area (Å²) in [5, 5.41) is 0.443. The predicted molar refractivity (Wildman–Crippen MR) is 76.5 cm³/mol. The van der Waals surface area contributed by atoms with Crippen molar-refractivity contribution in [1.29, 1.82) is 0 Å². The summed E-state index contributed by atoms with van der Waals surface area (Å²) in [6.07, 6.45) is 1.34. The summed E-state index contributed by atoms with van der Waals surface area (Å²) < 4.78 is 12.8. The second-order valence-electron chi connectivity index (χ2n) is 4.27. The smallest absolute Gasteiger partial charge is 0.255 e. The number of amides is 1. The summed E-state index contributed by atoms with van der Waals surface area (Å²) >= 11 is 11.7. The maximum absolute atomic E-state index is 12.8. The second kappa shape index (κ2) is 6.20. The molecule has 0 aliphatic rings. The molecule has 20 heavy (non-hydrogen) atoms. The lowest BCUT2D eigenvalue weighted by molar-refractivity contribution is 0.0785. The van der Waals surface area contributed by atoms with Crippen LogP contribution in [0.5, 0.6) is 0 Å². The maximum atomic E-state index is 12.8. The van der Waals surface area contributed by atoms with Gasteiger partial charge < -0.3 is 4.90 Å². The van der Waals surface area contributed by atoms with Crippen LogP contribution in [0, 0.1) is 5.82 Å². The summed E-state index contributed by atoms with van der Waals surface area (Å²) in [7, 11) is 1.64. The van der Waals surface area contributed by atoms with Crippen molar-refractivity contribution in [2.45, 2.75) is 6.54 Å². The molecule has 0 N–H and O–H groups in total. The predicted octanol–water partition coefficient (Wildman–Crippen LogP) is 3.80. The van der Waals surface area contributed by atoms with Crippen LogP contribution in [0.15, 0.2) is 36.5 Å². The number of hydrogen-bond donors (Lipinski definition) is 0. The minimum absolute atomic E-state index is 0.202. The molecular weight excluding hydrogens is 302 g/mol. The standard InChI is InChI=1S/C14H11Cl2FN2O/c1-19(8-9-2-4-10(17)5-3-9)14(20)11-6-13(16)18-7-12(11)15/h2-7H,8H2,1H3. The number of carbonyl (C=O) groups is 1. The molecule has 0 saturated heterocycles. The fraction of sp³-hybridized carbons (Fsp3) is 0.143. The Morgan fingerprint density at radius 2 is 1.95 bits per heavy atom. The van der Waals surface area contributed by atoms with Gasteiger partial charge in [0.05, 0.1) is 10.6 Å². The van der Waals surface area contributed by atoms with E-state index < -0.39 is 0 Å². The van der Waals surface area contributed by atoms with Gasteiger partial charge in [-0.15, -0.1) is 0 Å². The average molecular weight is 313 g/mol. The van der Waals surface area contributed by atoms with E-state index in [4.69, 9.17) is 23.2 Å². The summed E-state index contributed by atoms with van der Waals surface area (Å²) in [6.45, 7) is 0.343. The van der Waals surface area contributed by atoms with E-state index in [0.29, 0.717) is 6.54 Å². The number of aromatic nitrogens is 1. The van der Waals surface area contributed by atoms with E-state index in [-0.39, 0.29) is 27.5 Å². The van der Waals surface area contributed by atoms with Crippen LogP contribution in [0.2, 0.25) is 10.2 Å². The number of halogens is 3. The molecule has 1 aromatic heterocycles. The van der Waals surface area contributed by atoms with Gasteiger partial charge >= 0.3 is 0 Å². The molecule has 1 heterocycles. The monoisotopic (exact) mass is 312 g/mol. The van der Waals surface area contributed by atoms with Crippen molar-refractivity contribution >= 4 is 29.1 Å². The highest BCUT2D eigenvalue weighted by molar-refractivity contribution is 6.35. The second-order valence-corrected chi connectivity index (χ2v) is 5.07. The molecule has 0 radical (unpaired) electrons. The van der Waals surface area contributed by atoms with Gasteiger partial charge in [0.1, 0.15) is 11.0 Å². The zero-order valence-electron chi connectivity index (χ0n) is 10.6. The van der Waals surface area contributed by atoms with Crippen molar-refractivity contribution in [3.63, 3.8) is 0 Å². The first-order chi connectivity index (χ1) is 9.47. The third-order valence-corrected chi connectivity index (χ3v) is 3.24. The maximum Gasteiger partial charge on any atom is 0.255 e. The number of benzene rings is 1. The van der Waals surface area contributed by atoms with Crippen LogP contribution >= 0.6 is 23.2 Å². The van der Waals surface area contributed by atoms with Gasteiger partial charge in [-0.05, 0) is 23.8 Å². The summed E-state index contributed by atoms with van der Waals surface area (Å²) in [4.78, 5) is 17.5. The Bertz CT molecular complexity index is 632. The van der Waals surface area contributed by atoms with Crippen LogP contribution < -0.4 is 0 Å². The van der Waals surface area contributed by atoms with Crippen LogP contribution in [0.1, 0.15) is 15.9 Å². The summed E-state index contributed by atoms with van der Waals surface area (Å²) in [5.41, 5.74) is 1.11. The molecule has 0 unspecified atom stereocenters.